The molecule has 0 bridgehead atoms. The van der Waals surface area contributed by atoms with E-state index in [1.165, 1.54) is 87.6 Å². The van der Waals surface area contributed by atoms with Crippen LogP contribution in [0.4, 0.5) is 0 Å². The highest BCUT2D eigenvalue weighted by molar-refractivity contribution is 6.16. The summed E-state index contributed by atoms with van der Waals surface area (Å²) in [6, 6.07) is 27.9. The van der Waals surface area contributed by atoms with Crippen LogP contribution in [0.25, 0.3) is 54.2 Å². The van der Waals surface area contributed by atoms with E-state index in [2.05, 4.69) is 100 Å². The Morgan fingerprint density at radius 2 is 0.811 bits per heavy atom. The van der Waals surface area contributed by atoms with Gasteiger partial charge >= 0.3 is 0 Å². The van der Waals surface area contributed by atoms with Crippen LogP contribution in [0, 0.1) is 27.7 Å². The Morgan fingerprint density at radius 1 is 0.405 bits per heavy atom. The van der Waals surface area contributed by atoms with Crippen LogP contribution in [0.1, 0.15) is 61.1 Å². The van der Waals surface area contributed by atoms with E-state index < -0.39 is 0 Å². The maximum absolute atomic E-state index is 2.44. The monoisotopic (exact) mass is 482 g/mol. The molecule has 37 heavy (non-hydrogen) atoms. The van der Waals surface area contributed by atoms with Crippen LogP contribution in [0.2, 0.25) is 0 Å². The van der Waals surface area contributed by atoms with E-state index in [1.54, 1.807) is 0 Å². The fourth-order valence-electron chi connectivity index (χ4n) is 6.27. The van der Waals surface area contributed by atoms with Crippen LogP contribution < -0.4 is 0 Å². The molecule has 6 aromatic rings. The number of benzene rings is 6. The van der Waals surface area contributed by atoms with Gasteiger partial charge in [-0.1, -0.05) is 76.2 Å². The molecule has 7 rings (SSSR count). The highest BCUT2D eigenvalue weighted by atomic mass is 14.3. The van der Waals surface area contributed by atoms with Crippen molar-refractivity contribution >= 4 is 43.1 Å². The summed E-state index contributed by atoms with van der Waals surface area (Å²) in [6.07, 6.45) is 1.02. The molecular weight excluding hydrogens is 444 g/mol. The largest absolute Gasteiger partial charge is 0.0683 e. The van der Waals surface area contributed by atoms with E-state index in [9.17, 15) is 0 Å². The van der Waals surface area contributed by atoms with Crippen LogP contribution >= 0.6 is 0 Å². The first-order valence-corrected chi connectivity index (χ1v) is 13.9. The standard InChI is InChI=1S/C33H26.2C2H6/c1-18-7-5-9-22-14-30-28(16-26(18)22)20(3)11-24-13-25-12-21(4)29-17-27-19(2)8-6-10-23(27)15-31(29)33(25)32(24)30;2*1-2/h5-12,14-17H,13H2,1-4H3;2*1-2H3. The predicted molar refractivity (Wildman–Crippen MR) is 166 cm³/mol. The lowest BCUT2D eigenvalue weighted by atomic mass is 9.88. The minimum absolute atomic E-state index is 1.02. The molecule has 1 aliphatic carbocycles. The molecule has 0 N–H and O–H groups in total. The highest BCUT2D eigenvalue weighted by Gasteiger charge is 2.25. The van der Waals surface area contributed by atoms with Crippen molar-refractivity contribution in [2.75, 3.05) is 0 Å². The molecule has 0 atom stereocenters. The van der Waals surface area contributed by atoms with E-state index in [-0.39, 0.29) is 0 Å². The summed E-state index contributed by atoms with van der Waals surface area (Å²) in [5.41, 5.74) is 11.3. The number of aryl methyl sites for hydroxylation is 4. The Kier molecular flexibility index (Phi) is 6.54. The molecule has 0 spiro atoms. The van der Waals surface area contributed by atoms with Crippen molar-refractivity contribution in [2.45, 2.75) is 61.8 Å². The first kappa shape index (κ1) is 25.0. The zero-order valence-electron chi connectivity index (χ0n) is 23.6. The number of fused-ring (bicyclic) bond motifs is 9. The summed E-state index contributed by atoms with van der Waals surface area (Å²) in [7, 11) is 0. The lowest BCUT2D eigenvalue weighted by Gasteiger charge is -2.16. The number of hydrogen-bond acceptors (Lipinski definition) is 0. The Bertz CT molecular complexity index is 1680. The molecule has 0 amide bonds. The van der Waals surface area contributed by atoms with Crippen LogP contribution in [-0.2, 0) is 6.42 Å². The van der Waals surface area contributed by atoms with E-state index >= 15 is 0 Å². The van der Waals surface area contributed by atoms with Gasteiger partial charge in [0.25, 0.3) is 0 Å². The quantitative estimate of drug-likeness (QED) is 0.189. The molecule has 0 radical (unpaired) electrons. The molecule has 0 heteroatoms. The molecule has 0 nitrogen and oxygen atoms in total. The van der Waals surface area contributed by atoms with Gasteiger partial charge in [0.1, 0.15) is 0 Å². The van der Waals surface area contributed by atoms with Gasteiger partial charge in [0.15, 0.2) is 0 Å². The van der Waals surface area contributed by atoms with Gasteiger partial charge in [0.2, 0.25) is 0 Å². The van der Waals surface area contributed by atoms with Gasteiger partial charge in [0, 0.05) is 0 Å². The molecule has 0 unspecified atom stereocenters. The third kappa shape index (κ3) is 3.82. The average molecular weight is 483 g/mol. The maximum atomic E-state index is 2.44. The van der Waals surface area contributed by atoms with Crippen LogP contribution in [0.3, 0.4) is 0 Å². The molecule has 0 aliphatic heterocycles. The predicted octanol–water partition coefficient (Wildman–Crippen LogP) is 11.2. The molecule has 6 aromatic carbocycles. The minimum atomic E-state index is 1.02. The average Bonchev–Trinajstić information content (AvgIpc) is 3.28. The van der Waals surface area contributed by atoms with Gasteiger partial charge in [-0.05, 0) is 146 Å². The van der Waals surface area contributed by atoms with Crippen LogP contribution in [-0.4, -0.2) is 0 Å². The molecule has 0 aromatic heterocycles. The summed E-state index contributed by atoms with van der Waals surface area (Å²) in [6.45, 7) is 17.0. The molecule has 0 heterocycles. The van der Waals surface area contributed by atoms with Gasteiger partial charge in [-0.3, -0.25) is 0 Å². The van der Waals surface area contributed by atoms with Crippen molar-refractivity contribution in [3.05, 3.63) is 106 Å². The van der Waals surface area contributed by atoms with Gasteiger partial charge in [-0.2, -0.15) is 0 Å². The molecule has 0 saturated carbocycles. The number of rotatable bonds is 0. The number of hydrogen-bond donors (Lipinski definition) is 0. The summed E-state index contributed by atoms with van der Waals surface area (Å²) in [5.74, 6) is 0. The first-order chi connectivity index (χ1) is 18.0. The second-order valence-electron chi connectivity index (χ2n) is 10.0. The molecule has 0 saturated heterocycles. The highest BCUT2D eigenvalue weighted by Crippen LogP contribution is 2.48. The van der Waals surface area contributed by atoms with Crippen molar-refractivity contribution in [1.29, 1.82) is 0 Å². The van der Waals surface area contributed by atoms with E-state index in [0.717, 1.165) is 6.42 Å². The minimum Gasteiger partial charge on any atom is -0.0683 e. The third-order valence-electron chi connectivity index (χ3n) is 7.92. The Labute approximate surface area is 222 Å². The van der Waals surface area contributed by atoms with Gasteiger partial charge in [0.05, 0.1) is 0 Å². The second kappa shape index (κ2) is 9.67. The molecule has 186 valence electrons. The van der Waals surface area contributed by atoms with Crippen LogP contribution in [0.5, 0.6) is 0 Å². The third-order valence-corrected chi connectivity index (χ3v) is 7.92. The topological polar surface area (TPSA) is 0 Å². The Balaban J connectivity index is 0.000000670. The lowest BCUT2D eigenvalue weighted by Crippen LogP contribution is -1.90. The molecule has 1 aliphatic rings. The summed E-state index contributed by atoms with van der Waals surface area (Å²) in [4.78, 5) is 0. The van der Waals surface area contributed by atoms with E-state index in [0.29, 0.717) is 0 Å². The summed E-state index contributed by atoms with van der Waals surface area (Å²) >= 11 is 0. The molecular formula is C37H38. The van der Waals surface area contributed by atoms with Crippen molar-refractivity contribution in [3.63, 3.8) is 0 Å². The fourth-order valence-corrected chi connectivity index (χ4v) is 6.27. The lowest BCUT2D eigenvalue weighted by molar-refractivity contribution is 1.25. The Hall–Kier alpha value is -3.64. The van der Waals surface area contributed by atoms with Crippen LogP contribution in [0.15, 0.2) is 72.8 Å². The molecule has 0 fully saturated rings. The van der Waals surface area contributed by atoms with E-state index in [1.807, 2.05) is 27.7 Å². The maximum Gasteiger partial charge on any atom is -0.00128 e. The van der Waals surface area contributed by atoms with Gasteiger partial charge in [-0.15, -0.1) is 0 Å². The fraction of sp³-hybridized carbons (Fsp3) is 0.243. The van der Waals surface area contributed by atoms with Crippen molar-refractivity contribution in [1.82, 2.24) is 0 Å². The van der Waals surface area contributed by atoms with Crippen molar-refractivity contribution in [3.8, 4) is 11.1 Å². The normalized spacial score (nSPS) is 11.7. The van der Waals surface area contributed by atoms with Gasteiger partial charge in [-0.25, -0.2) is 0 Å². The Morgan fingerprint density at radius 3 is 1.22 bits per heavy atom. The smallest absolute Gasteiger partial charge is 0.00128 e. The SMILES string of the molecule is CC.CC.Cc1cccc2cc3c4c(cc(C)c3cc12)Cc1cc(C)c2cc3c(C)cccc3cc2c1-4. The van der Waals surface area contributed by atoms with Gasteiger partial charge < -0.3 is 0 Å². The van der Waals surface area contributed by atoms with E-state index in [4.69, 9.17) is 0 Å². The summed E-state index contributed by atoms with van der Waals surface area (Å²) in [5, 5.41) is 11.0. The first-order valence-electron chi connectivity index (χ1n) is 13.9. The summed E-state index contributed by atoms with van der Waals surface area (Å²) < 4.78 is 0. The second-order valence-corrected chi connectivity index (χ2v) is 10.0. The zero-order valence-corrected chi connectivity index (χ0v) is 23.6. The zero-order chi connectivity index (χ0) is 26.4. The van der Waals surface area contributed by atoms with Crippen molar-refractivity contribution < 1.29 is 0 Å². The van der Waals surface area contributed by atoms with Crippen molar-refractivity contribution in [2.24, 2.45) is 0 Å².